The smallest absolute Gasteiger partial charge is 0.255 e. The van der Waals surface area contributed by atoms with Crippen LogP contribution in [0.4, 0.5) is 0 Å². The molecule has 3 aromatic carbocycles. The number of hydrogen-bond donors (Lipinski definition) is 0. The molecule has 5 nitrogen and oxygen atoms in total. The van der Waals surface area contributed by atoms with Crippen molar-refractivity contribution in [1.82, 2.24) is 9.47 Å². The molecular formula is C32H34N2O3. The summed E-state index contributed by atoms with van der Waals surface area (Å²) < 4.78 is 13.4. The van der Waals surface area contributed by atoms with Crippen LogP contribution in [0.2, 0.25) is 0 Å². The molecule has 0 radical (unpaired) electrons. The molecule has 5 heteroatoms. The molecular weight excluding hydrogens is 460 g/mol. The lowest BCUT2D eigenvalue weighted by Crippen LogP contribution is -2.39. The van der Waals surface area contributed by atoms with E-state index in [0.717, 1.165) is 72.1 Å². The topological polar surface area (TPSA) is 43.7 Å². The number of hydrogen-bond acceptors (Lipinski definition) is 3. The molecule has 1 aromatic heterocycles. The van der Waals surface area contributed by atoms with Gasteiger partial charge < -0.3 is 18.9 Å². The molecule has 0 spiro atoms. The molecule has 0 saturated carbocycles. The first-order chi connectivity index (χ1) is 18.1. The Morgan fingerprint density at radius 2 is 1.54 bits per heavy atom. The van der Waals surface area contributed by atoms with Crippen molar-refractivity contribution in [3.63, 3.8) is 0 Å². The molecule has 1 aliphatic heterocycles. The van der Waals surface area contributed by atoms with Gasteiger partial charge in [-0.25, -0.2) is 0 Å². The minimum atomic E-state index is 0.0912. The minimum Gasteiger partial charge on any atom is -0.497 e. The summed E-state index contributed by atoms with van der Waals surface area (Å²) in [5.41, 5.74) is 5.83. The van der Waals surface area contributed by atoms with Crippen molar-refractivity contribution in [3.8, 4) is 28.4 Å². The van der Waals surface area contributed by atoms with Crippen LogP contribution in [-0.2, 0) is 6.42 Å². The van der Waals surface area contributed by atoms with Crippen LogP contribution in [-0.4, -0.2) is 42.7 Å². The highest BCUT2D eigenvalue weighted by molar-refractivity contribution is 5.97. The molecule has 1 amide bonds. The number of nitrogens with zero attached hydrogens (tertiary/aromatic N) is 2. The van der Waals surface area contributed by atoms with Gasteiger partial charge in [0.2, 0.25) is 0 Å². The number of ether oxygens (including phenoxy) is 2. The lowest BCUT2D eigenvalue weighted by molar-refractivity contribution is 0.0690. The van der Waals surface area contributed by atoms with Crippen molar-refractivity contribution in [2.24, 2.45) is 5.92 Å². The average Bonchev–Trinajstić information content (AvgIpc) is 3.30. The van der Waals surface area contributed by atoms with E-state index in [1.165, 1.54) is 5.56 Å². The van der Waals surface area contributed by atoms with E-state index in [4.69, 9.17) is 9.47 Å². The summed E-state index contributed by atoms with van der Waals surface area (Å²) in [7, 11) is 3.32. The minimum absolute atomic E-state index is 0.0912. The summed E-state index contributed by atoms with van der Waals surface area (Å²) >= 11 is 0. The van der Waals surface area contributed by atoms with Crippen molar-refractivity contribution in [2.45, 2.75) is 26.2 Å². The SMILES string of the molecule is COc1ccc(OC)c(-n2c(-c3ccccc3)cc(C(=O)N3CCC(Cc4ccccc4)CC3)c2C)c1. The summed E-state index contributed by atoms with van der Waals surface area (Å²) in [4.78, 5) is 15.9. The quantitative estimate of drug-likeness (QED) is 0.292. The molecule has 0 unspecified atom stereocenters. The fraction of sp³-hybridized carbons (Fsp3) is 0.281. The zero-order valence-electron chi connectivity index (χ0n) is 21.8. The van der Waals surface area contributed by atoms with Gasteiger partial charge in [-0.3, -0.25) is 4.79 Å². The fourth-order valence-corrected chi connectivity index (χ4v) is 5.38. The third-order valence-corrected chi connectivity index (χ3v) is 7.44. The van der Waals surface area contributed by atoms with Gasteiger partial charge in [0.25, 0.3) is 5.91 Å². The number of likely N-dealkylation sites (tertiary alicyclic amines) is 1. The number of piperidine rings is 1. The standard InChI is InChI=1S/C32H34N2O3/c1-23-28(32(35)33-18-16-25(17-19-33)20-24-10-6-4-7-11-24)22-29(26-12-8-5-9-13-26)34(23)30-21-27(36-2)14-15-31(30)37-3/h4-15,21-22,25H,16-20H2,1-3H3. The van der Waals surface area contributed by atoms with Crippen LogP contribution in [0.1, 0.15) is 34.5 Å². The summed E-state index contributed by atoms with van der Waals surface area (Å²) in [5.74, 6) is 2.15. The van der Waals surface area contributed by atoms with Crippen LogP contribution < -0.4 is 9.47 Å². The molecule has 0 N–H and O–H groups in total. The van der Waals surface area contributed by atoms with Gasteiger partial charge in [-0.1, -0.05) is 60.7 Å². The Balaban J connectivity index is 1.46. The van der Waals surface area contributed by atoms with Crippen LogP contribution in [0.5, 0.6) is 11.5 Å². The van der Waals surface area contributed by atoms with E-state index in [1.807, 2.05) is 54.3 Å². The fourth-order valence-electron chi connectivity index (χ4n) is 5.38. The van der Waals surface area contributed by atoms with Gasteiger partial charge in [0.05, 0.1) is 31.2 Å². The van der Waals surface area contributed by atoms with E-state index >= 15 is 0 Å². The van der Waals surface area contributed by atoms with Crippen LogP contribution >= 0.6 is 0 Å². The molecule has 37 heavy (non-hydrogen) atoms. The molecule has 5 rings (SSSR count). The molecule has 2 heterocycles. The van der Waals surface area contributed by atoms with Gasteiger partial charge >= 0.3 is 0 Å². The van der Waals surface area contributed by atoms with E-state index in [9.17, 15) is 4.79 Å². The number of aromatic nitrogens is 1. The van der Waals surface area contributed by atoms with Crippen molar-refractivity contribution >= 4 is 5.91 Å². The second-order valence-electron chi connectivity index (χ2n) is 9.69. The summed E-state index contributed by atoms with van der Waals surface area (Å²) in [5, 5.41) is 0. The predicted octanol–water partition coefficient (Wildman–Crippen LogP) is 6.56. The number of benzene rings is 3. The van der Waals surface area contributed by atoms with Gasteiger partial charge in [0, 0.05) is 24.8 Å². The number of methoxy groups -OCH3 is 2. The Morgan fingerprint density at radius 3 is 2.19 bits per heavy atom. The van der Waals surface area contributed by atoms with Crippen LogP contribution in [0.15, 0.2) is 84.9 Å². The van der Waals surface area contributed by atoms with Crippen LogP contribution in [0.25, 0.3) is 16.9 Å². The maximum atomic E-state index is 13.8. The third kappa shape index (κ3) is 5.12. The zero-order chi connectivity index (χ0) is 25.8. The van der Waals surface area contributed by atoms with Gasteiger partial charge in [-0.05, 0) is 61.4 Å². The first kappa shape index (κ1) is 24.7. The highest BCUT2D eigenvalue weighted by atomic mass is 16.5. The first-order valence-electron chi connectivity index (χ1n) is 12.9. The van der Waals surface area contributed by atoms with E-state index in [2.05, 4.69) is 47.0 Å². The van der Waals surface area contributed by atoms with Gasteiger partial charge in [-0.15, -0.1) is 0 Å². The number of carbonyl (C=O) groups is 1. The van der Waals surface area contributed by atoms with E-state index in [0.29, 0.717) is 5.92 Å². The summed E-state index contributed by atoms with van der Waals surface area (Å²) in [6.45, 7) is 3.58. The predicted molar refractivity (Wildman–Crippen MR) is 148 cm³/mol. The Hall–Kier alpha value is -3.99. The van der Waals surface area contributed by atoms with Gasteiger partial charge in [-0.2, -0.15) is 0 Å². The normalized spacial score (nSPS) is 14.0. The molecule has 0 atom stereocenters. The van der Waals surface area contributed by atoms with Gasteiger partial charge in [0.1, 0.15) is 11.5 Å². The van der Waals surface area contributed by atoms with E-state index < -0.39 is 0 Å². The van der Waals surface area contributed by atoms with E-state index in [-0.39, 0.29) is 5.91 Å². The zero-order valence-corrected chi connectivity index (χ0v) is 21.8. The number of carbonyl (C=O) groups excluding carboxylic acids is 1. The first-order valence-corrected chi connectivity index (χ1v) is 12.9. The average molecular weight is 495 g/mol. The molecule has 4 aromatic rings. The van der Waals surface area contributed by atoms with Crippen molar-refractivity contribution in [2.75, 3.05) is 27.3 Å². The molecule has 0 bridgehead atoms. The molecule has 1 aliphatic rings. The van der Waals surface area contributed by atoms with E-state index in [1.54, 1.807) is 14.2 Å². The molecule has 1 fully saturated rings. The maximum Gasteiger partial charge on any atom is 0.255 e. The maximum absolute atomic E-state index is 13.8. The number of rotatable bonds is 7. The van der Waals surface area contributed by atoms with Crippen molar-refractivity contribution < 1.29 is 14.3 Å². The largest absolute Gasteiger partial charge is 0.497 e. The molecule has 190 valence electrons. The van der Waals surface area contributed by atoms with Crippen LogP contribution in [0.3, 0.4) is 0 Å². The lowest BCUT2D eigenvalue weighted by atomic mass is 9.90. The molecule has 0 aliphatic carbocycles. The highest BCUT2D eigenvalue weighted by Crippen LogP contribution is 2.36. The molecule has 1 saturated heterocycles. The second-order valence-corrected chi connectivity index (χ2v) is 9.69. The summed E-state index contributed by atoms with van der Waals surface area (Å²) in [6, 6.07) is 28.6. The van der Waals surface area contributed by atoms with Gasteiger partial charge in [0.15, 0.2) is 0 Å². The summed E-state index contributed by atoms with van der Waals surface area (Å²) in [6.07, 6.45) is 3.12. The Morgan fingerprint density at radius 1 is 0.865 bits per heavy atom. The van der Waals surface area contributed by atoms with Crippen LogP contribution in [0, 0.1) is 12.8 Å². The second kappa shape index (κ2) is 11.0. The van der Waals surface area contributed by atoms with Crippen molar-refractivity contribution in [3.05, 3.63) is 102 Å². The Kier molecular flexibility index (Phi) is 7.31. The Labute approximate surface area is 219 Å². The third-order valence-electron chi connectivity index (χ3n) is 7.44. The highest BCUT2D eigenvalue weighted by Gasteiger charge is 2.28. The number of amides is 1. The Bertz CT molecular complexity index is 1350. The van der Waals surface area contributed by atoms with Crippen molar-refractivity contribution in [1.29, 1.82) is 0 Å². The monoisotopic (exact) mass is 494 g/mol. The lowest BCUT2D eigenvalue weighted by Gasteiger charge is -2.32.